The predicted molar refractivity (Wildman–Crippen MR) is 122 cm³/mol. The zero-order chi connectivity index (χ0) is 22.0. The van der Waals surface area contributed by atoms with E-state index < -0.39 is 5.97 Å². The summed E-state index contributed by atoms with van der Waals surface area (Å²) in [7, 11) is 1.37. The maximum Gasteiger partial charge on any atom is 0.341 e. The molecule has 0 aromatic carbocycles. The van der Waals surface area contributed by atoms with E-state index in [1.165, 1.54) is 40.6 Å². The van der Waals surface area contributed by atoms with Gasteiger partial charge in [0.05, 0.1) is 18.2 Å². The van der Waals surface area contributed by atoms with E-state index in [1.54, 1.807) is 0 Å². The van der Waals surface area contributed by atoms with Crippen LogP contribution in [0.4, 0.5) is 5.00 Å². The maximum atomic E-state index is 12.6. The summed E-state index contributed by atoms with van der Waals surface area (Å²) in [4.78, 5) is 30.8. The van der Waals surface area contributed by atoms with Crippen LogP contribution in [0, 0.1) is 17.2 Å². The van der Waals surface area contributed by atoms with Crippen molar-refractivity contribution in [2.24, 2.45) is 5.92 Å². The van der Waals surface area contributed by atoms with Crippen molar-refractivity contribution < 1.29 is 14.3 Å². The first-order chi connectivity index (χ1) is 15.0. The van der Waals surface area contributed by atoms with Gasteiger partial charge >= 0.3 is 5.97 Å². The van der Waals surface area contributed by atoms with Gasteiger partial charge in [0, 0.05) is 22.7 Å². The number of anilines is 1. The van der Waals surface area contributed by atoms with Crippen molar-refractivity contribution >= 4 is 40.0 Å². The van der Waals surface area contributed by atoms with Crippen molar-refractivity contribution in [3.63, 3.8) is 0 Å². The first-order valence-corrected chi connectivity index (χ1v) is 12.4. The molecule has 2 aliphatic rings. The Bertz CT molecular complexity index is 1070. The Morgan fingerprint density at radius 1 is 1.39 bits per heavy atom. The van der Waals surface area contributed by atoms with Crippen LogP contribution in [0.2, 0.25) is 0 Å². The van der Waals surface area contributed by atoms with Crippen molar-refractivity contribution in [3.05, 3.63) is 38.9 Å². The molecular weight excluding hydrogens is 430 g/mol. The Morgan fingerprint density at radius 3 is 3.00 bits per heavy atom. The van der Waals surface area contributed by atoms with Gasteiger partial charge in [-0.15, -0.1) is 23.1 Å². The summed E-state index contributed by atoms with van der Waals surface area (Å²) in [5.74, 6) is 0.551. The lowest BCUT2D eigenvalue weighted by atomic mass is 9.88. The van der Waals surface area contributed by atoms with Crippen LogP contribution in [0.1, 0.15) is 63.8 Å². The van der Waals surface area contributed by atoms with Crippen LogP contribution in [0.5, 0.6) is 0 Å². The second-order valence-electron chi connectivity index (χ2n) is 8.11. The molecule has 2 aliphatic carbocycles. The third-order valence-corrected chi connectivity index (χ3v) is 8.02. The molecule has 1 atom stereocenters. The summed E-state index contributed by atoms with van der Waals surface area (Å²) in [6.45, 7) is 2.21. The minimum Gasteiger partial charge on any atom is -0.465 e. The van der Waals surface area contributed by atoms with Crippen LogP contribution in [0.25, 0.3) is 0 Å². The number of nitrogens with zero attached hydrogens (tertiary/aromatic N) is 2. The molecule has 0 saturated carbocycles. The van der Waals surface area contributed by atoms with E-state index in [0.29, 0.717) is 32.8 Å². The zero-order valence-electron chi connectivity index (χ0n) is 17.7. The van der Waals surface area contributed by atoms with Crippen LogP contribution < -0.4 is 5.32 Å². The van der Waals surface area contributed by atoms with E-state index in [2.05, 4.69) is 23.3 Å². The number of thioether (sulfide) groups is 1. The zero-order valence-corrected chi connectivity index (χ0v) is 19.4. The Hall–Kier alpha value is -2.37. The molecule has 0 aliphatic heterocycles. The number of methoxy groups -OCH3 is 1. The molecule has 0 radical (unpaired) electrons. The van der Waals surface area contributed by atoms with E-state index in [1.807, 2.05) is 6.07 Å². The van der Waals surface area contributed by atoms with E-state index in [4.69, 9.17) is 4.74 Å². The average Bonchev–Trinajstić information content (AvgIpc) is 3.35. The minimum absolute atomic E-state index is 0.149. The number of fused-ring (bicyclic) bond motifs is 2. The number of nitrogens with one attached hydrogen (secondary N) is 1. The Kier molecular flexibility index (Phi) is 6.63. The molecule has 31 heavy (non-hydrogen) atoms. The maximum absolute atomic E-state index is 12.6. The lowest BCUT2D eigenvalue weighted by Crippen LogP contribution is -2.16. The summed E-state index contributed by atoms with van der Waals surface area (Å²) in [6.07, 6.45) is 6.08. The number of hydrogen-bond acceptors (Lipinski definition) is 7. The molecular formula is C23H25N3O3S2. The van der Waals surface area contributed by atoms with Crippen LogP contribution in [-0.4, -0.2) is 29.7 Å². The SMILES string of the molecule is COC(=O)c1c(NC(=O)CCSc2nc3c(cc2C#N)CCC3)sc2c1CCC(C)C2. The molecule has 1 amide bonds. The highest BCUT2D eigenvalue weighted by Gasteiger charge is 2.28. The molecule has 1 N–H and O–H groups in total. The number of esters is 1. The van der Waals surface area contributed by atoms with Crippen molar-refractivity contribution in [2.75, 3.05) is 18.2 Å². The van der Waals surface area contributed by atoms with Gasteiger partial charge in [0.25, 0.3) is 0 Å². The van der Waals surface area contributed by atoms with E-state index in [0.717, 1.165) is 49.8 Å². The van der Waals surface area contributed by atoms with Crippen LogP contribution in [0.15, 0.2) is 11.1 Å². The molecule has 4 rings (SSSR count). The number of nitriles is 1. The number of carbonyl (C=O) groups excluding carboxylic acids is 2. The number of carbonyl (C=O) groups is 2. The molecule has 0 bridgehead atoms. The van der Waals surface area contributed by atoms with Crippen LogP contribution >= 0.6 is 23.1 Å². The number of aryl methyl sites for hydroxylation is 2. The third kappa shape index (κ3) is 4.63. The minimum atomic E-state index is -0.391. The van der Waals surface area contributed by atoms with Crippen LogP contribution in [0.3, 0.4) is 0 Å². The van der Waals surface area contributed by atoms with Gasteiger partial charge in [-0.05, 0) is 61.6 Å². The predicted octanol–water partition coefficient (Wildman–Crippen LogP) is 4.54. The summed E-state index contributed by atoms with van der Waals surface area (Å²) >= 11 is 2.93. The molecule has 8 heteroatoms. The lowest BCUT2D eigenvalue weighted by molar-refractivity contribution is -0.115. The second kappa shape index (κ2) is 9.41. The lowest BCUT2D eigenvalue weighted by Gasteiger charge is -2.18. The summed E-state index contributed by atoms with van der Waals surface area (Å²) in [6, 6.07) is 4.17. The van der Waals surface area contributed by atoms with Gasteiger partial charge in [0.2, 0.25) is 5.91 Å². The molecule has 0 saturated heterocycles. The number of amides is 1. The molecule has 2 aromatic heterocycles. The largest absolute Gasteiger partial charge is 0.465 e. The number of thiophene rings is 1. The van der Waals surface area contributed by atoms with Gasteiger partial charge in [0.15, 0.2) is 0 Å². The Balaban J connectivity index is 1.42. The van der Waals surface area contributed by atoms with Gasteiger partial charge in [-0.25, -0.2) is 9.78 Å². The van der Waals surface area contributed by atoms with Gasteiger partial charge in [0.1, 0.15) is 16.1 Å². The highest BCUT2D eigenvalue weighted by atomic mass is 32.2. The van der Waals surface area contributed by atoms with E-state index in [9.17, 15) is 14.9 Å². The van der Waals surface area contributed by atoms with Gasteiger partial charge in [-0.3, -0.25) is 4.79 Å². The Labute approximate surface area is 190 Å². The van der Waals surface area contributed by atoms with E-state index >= 15 is 0 Å². The van der Waals surface area contributed by atoms with Crippen molar-refractivity contribution in [3.8, 4) is 6.07 Å². The number of aromatic nitrogens is 1. The van der Waals surface area contributed by atoms with Crippen molar-refractivity contribution in [1.82, 2.24) is 4.98 Å². The molecule has 162 valence electrons. The smallest absolute Gasteiger partial charge is 0.341 e. The molecule has 0 fully saturated rings. The molecule has 2 heterocycles. The van der Waals surface area contributed by atoms with Crippen molar-refractivity contribution in [2.45, 2.75) is 56.9 Å². The third-order valence-electron chi connectivity index (χ3n) is 5.86. The Morgan fingerprint density at radius 2 is 2.23 bits per heavy atom. The number of pyridine rings is 1. The first kappa shape index (κ1) is 21.8. The molecule has 6 nitrogen and oxygen atoms in total. The summed E-state index contributed by atoms with van der Waals surface area (Å²) < 4.78 is 4.98. The fourth-order valence-corrected chi connectivity index (χ4v) is 6.56. The van der Waals surface area contributed by atoms with Gasteiger partial charge < -0.3 is 10.1 Å². The summed E-state index contributed by atoms with van der Waals surface area (Å²) in [5, 5.41) is 13.7. The standard InChI is InChI=1S/C23H25N3O3S2/c1-13-6-7-16-18(10-13)31-22(20(16)23(28)29-2)26-19(27)8-9-30-21-15(12-24)11-14-4-3-5-17(14)25-21/h11,13H,3-10H2,1-2H3,(H,26,27). The quantitative estimate of drug-likeness (QED) is 0.508. The second-order valence-corrected chi connectivity index (χ2v) is 10.3. The molecule has 2 aromatic rings. The van der Waals surface area contributed by atoms with Gasteiger partial charge in [-0.2, -0.15) is 5.26 Å². The normalized spacial score (nSPS) is 16.9. The number of ether oxygens (including phenoxy) is 1. The van der Waals surface area contributed by atoms with Gasteiger partial charge in [-0.1, -0.05) is 6.92 Å². The average molecular weight is 456 g/mol. The molecule has 0 spiro atoms. The fraction of sp³-hybridized carbons (Fsp3) is 0.478. The highest BCUT2D eigenvalue weighted by molar-refractivity contribution is 7.99. The van der Waals surface area contributed by atoms with Crippen LogP contribution in [-0.2, 0) is 35.2 Å². The van der Waals surface area contributed by atoms with Crippen molar-refractivity contribution in [1.29, 1.82) is 5.26 Å². The monoisotopic (exact) mass is 455 g/mol. The number of rotatable bonds is 6. The topological polar surface area (TPSA) is 92.1 Å². The summed E-state index contributed by atoms with van der Waals surface area (Å²) in [5.41, 5.74) is 4.37. The first-order valence-electron chi connectivity index (χ1n) is 10.6. The molecule has 1 unspecified atom stereocenters. The number of hydrogen-bond donors (Lipinski definition) is 1. The fourth-order valence-electron chi connectivity index (χ4n) is 4.23. The van der Waals surface area contributed by atoms with E-state index in [-0.39, 0.29) is 12.3 Å². The highest BCUT2D eigenvalue weighted by Crippen LogP contribution is 2.40.